The number of pyridine rings is 1. The molecule has 0 atom stereocenters. The van der Waals surface area contributed by atoms with Crippen LogP contribution in [0.1, 0.15) is 16.7 Å². The molecule has 0 aliphatic carbocycles. The van der Waals surface area contributed by atoms with E-state index in [0.717, 1.165) is 27.8 Å². The van der Waals surface area contributed by atoms with Crippen molar-refractivity contribution in [3.63, 3.8) is 0 Å². The molecule has 3 aromatic heterocycles. The number of benzene rings is 3. The van der Waals surface area contributed by atoms with Crippen LogP contribution < -0.4 is 0 Å². The van der Waals surface area contributed by atoms with Gasteiger partial charge in [-0.15, -0.1) is 0 Å². The number of nitrogens with zero attached hydrogens (tertiary/aromatic N) is 4. The highest BCUT2D eigenvalue weighted by molar-refractivity contribution is 7.90. The minimum Gasteiger partial charge on any atom is -0.275 e. The van der Waals surface area contributed by atoms with Crippen LogP contribution >= 0.6 is 0 Å². The number of aryl methyl sites for hydroxylation is 2. The van der Waals surface area contributed by atoms with Crippen molar-refractivity contribution < 1.29 is 8.42 Å². The van der Waals surface area contributed by atoms with Crippen LogP contribution in [0.4, 0.5) is 0 Å². The van der Waals surface area contributed by atoms with E-state index < -0.39 is 10.0 Å². The van der Waals surface area contributed by atoms with Crippen LogP contribution in [0.15, 0.2) is 114 Å². The lowest BCUT2D eigenvalue weighted by Gasteiger charge is -2.16. The molecular formula is C32H24N4O2S. The fourth-order valence-electron chi connectivity index (χ4n) is 4.73. The monoisotopic (exact) mass is 528 g/mol. The molecule has 0 radical (unpaired) electrons. The second-order valence-electron chi connectivity index (χ2n) is 9.25. The molecule has 0 saturated carbocycles. The number of rotatable bonds is 4. The summed E-state index contributed by atoms with van der Waals surface area (Å²) in [5.74, 6) is 6.48. The van der Waals surface area contributed by atoms with Crippen LogP contribution in [0.3, 0.4) is 0 Å². The lowest BCUT2D eigenvalue weighted by molar-refractivity contribution is 0.589. The summed E-state index contributed by atoms with van der Waals surface area (Å²) in [5.41, 5.74) is 5.81. The fourth-order valence-corrected chi connectivity index (χ4v) is 6.25. The summed E-state index contributed by atoms with van der Waals surface area (Å²) in [7, 11) is -2.21. The van der Waals surface area contributed by atoms with E-state index in [1.165, 1.54) is 3.97 Å². The van der Waals surface area contributed by atoms with Gasteiger partial charge in [-0.05, 0) is 42.3 Å². The summed E-state index contributed by atoms with van der Waals surface area (Å²) >= 11 is 0. The zero-order valence-corrected chi connectivity index (χ0v) is 22.2. The SMILES string of the molecule is Cc1ccc(-c2c(C#Cc3cnn(C)c3)c3cccnc3n2S(=O)(=O)c2ccccc2)c(-c2ccccc2)c1. The first-order valence-electron chi connectivity index (χ1n) is 12.4. The smallest absolute Gasteiger partial charge is 0.269 e. The van der Waals surface area contributed by atoms with Crippen molar-refractivity contribution in [1.29, 1.82) is 0 Å². The highest BCUT2D eigenvalue weighted by atomic mass is 32.2. The standard InChI is InChI=1S/C32H24N4O2S/c1-23-15-17-28(30(20-23)25-10-5-3-6-11-25)31-27(18-16-24-21-34-35(2)22-24)29-14-9-19-33-32(29)36(31)39(37,38)26-12-7-4-8-13-26/h3-15,17,19-22H,1-2H3. The highest BCUT2D eigenvalue weighted by Gasteiger charge is 2.29. The fraction of sp³-hybridized carbons (Fsp3) is 0.0625. The van der Waals surface area contributed by atoms with Gasteiger partial charge in [-0.25, -0.2) is 17.4 Å². The Balaban J connectivity index is 1.76. The molecule has 7 heteroatoms. The summed E-state index contributed by atoms with van der Waals surface area (Å²) < 4.78 is 31.7. The molecule has 0 saturated heterocycles. The predicted octanol–water partition coefficient (Wildman–Crippen LogP) is 6.05. The quantitative estimate of drug-likeness (QED) is 0.261. The minimum absolute atomic E-state index is 0.175. The molecule has 6 rings (SSSR count). The molecule has 6 aromatic rings. The molecular weight excluding hydrogens is 504 g/mol. The zero-order chi connectivity index (χ0) is 27.0. The largest absolute Gasteiger partial charge is 0.275 e. The number of hydrogen-bond acceptors (Lipinski definition) is 4. The van der Waals surface area contributed by atoms with Crippen LogP contribution in [0.25, 0.3) is 33.4 Å². The number of hydrogen-bond donors (Lipinski definition) is 0. The molecule has 0 aliphatic rings. The predicted molar refractivity (Wildman–Crippen MR) is 154 cm³/mol. The molecule has 0 aliphatic heterocycles. The summed E-state index contributed by atoms with van der Waals surface area (Å²) in [6.07, 6.45) is 5.12. The third-order valence-electron chi connectivity index (χ3n) is 6.52. The van der Waals surface area contributed by atoms with Crippen molar-refractivity contribution >= 4 is 21.1 Å². The van der Waals surface area contributed by atoms with Crippen LogP contribution in [0.5, 0.6) is 0 Å². The average molecular weight is 529 g/mol. The Bertz CT molecular complexity index is 2000. The van der Waals surface area contributed by atoms with Gasteiger partial charge in [-0.1, -0.05) is 84.1 Å². The van der Waals surface area contributed by atoms with Gasteiger partial charge in [0.15, 0.2) is 5.65 Å². The maximum absolute atomic E-state index is 14.3. The van der Waals surface area contributed by atoms with Gasteiger partial charge < -0.3 is 0 Å². The van der Waals surface area contributed by atoms with E-state index in [4.69, 9.17) is 0 Å². The molecule has 3 aromatic carbocycles. The van der Waals surface area contributed by atoms with Crippen molar-refractivity contribution in [1.82, 2.24) is 18.7 Å². The van der Waals surface area contributed by atoms with Gasteiger partial charge in [0.25, 0.3) is 10.0 Å². The second-order valence-corrected chi connectivity index (χ2v) is 11.0. The molecule has 0 N–H and O–H groups in total. The van der Waals surface area contributed by atoms with Crippen LogP contribution in [-0.4, -0.2) is 27.2 Å². The van der Waals surface area contributed by atoms with Gasteiger partial charge in [-0.3, -0.25) is 4.68 Å². The second kappa shape index (κ2) is 9.75. The number of fused-ring (bicyclic) bond motifs is 1. The third kappa shape index (κ3) is 4.41. The first kappa shape index (κ1) is 24.4. The van der Waals surface area contributed by atoms with Crippen molar-refractivity contribution in [3.05, 3.63) is 126 Å². The topological polar surface area (TPSA) is 69.8 Å². The average Bonchev–Trinajstić information content (AvgIpc) is 3.53. The Morgan fingerprint density at radius 1 is 0.821 bits per heavy atom. The van der Waals surface area contributed by atoms with E-state index in [0.29, 0.717) is 22.3 Å². The van der Waals surface area contributed by atoms with Crippen LogP contribution in [0.2, 0.25) is 0 Å². The van der Waals surface area contributed by atoms with Crippen molar-refractivity contribution in [2.75, 3.05) is 0 Å². The van der Waals surface area contributed by atoms with E-state index in [9.17, 15) is 8.42 Å². The molecule has 190 valence electrons. The third-order valence-corrected chi connectivity index (χ3v) is 8.23. The van der Waals surface area contributed by atoms with Crippen molar-refractivity contribution in [3.8, 4) is 34.2 Å². The molecule has 0 fully saturated rings. The Labute approximate surface area is 227 Å². The zero-order valence-electron chi connectivity index (χ0n) is 21.4. The Hall–Kier alpha value is -4.93. The van der Waals surface area contributed by atoms with Gasteiger partial charge in [0.1, 0.15) is 0 Å². The van der Waals surface area contributed by atoms with Gasteiger partial charge >= 0.3 is 0 Å². The lowest BCUT2D eigenvalue weighted by Crippen LogP contribution is -2.15. The van der Waals surface area contributed by atoms with Crippen molar-refractivity contribution in [2.45, 2.75) is 11.8 Å². The Morgan fingerprint density at radius 3 is 2.28 bits per heavy atom. The first-order chi connectivity index (χ1) is 18.9. The minimum atomic E-state index is -4.04. The summed E-state index contributed by atoms with van der Waals surface area (Å²) in [4.78, 5) is 4.73. The van der Waals surface area contributed by atoms with E-state index in [1.54, 1.807) is 53.5 Å². The summed E-state index contributed by atoms with van der Waals surface area (Å²) in [6.45, 7) is 2.02. The number of aromatic nitrogens is 4. The van der Waals surface area contributed by atoms with E-state index >= 15 is 0 Å². The van der Waals surface area contributed by atoms with E-state index in [1.807, 2.05) is 68.7 Å². The highest BCUT2D eigenvalue weighted by Crippen LogP contribution is 2.40. The van der Waals surface area contributed by atoms with Gasteiger partial charge in [0, 0.05) is 30.4 Å². The molecule has 6 nitrogen and oxygen atoms in total. The van der Waals surface area contributed by atoms with Crippen molar-refractivity contribution in [2.24, 2.45) is 7.05 Å². The molecule has 3 heterocycles. The Morgan fingerprint density at radius 2 is 1.56 bits per heavy atom. The molecule has 0 amide bonds. The molecule has 0 unspecified atom stereocenters. The summed E-state index contributed by atoms with van der Waals surface area (Å²) in [6, 6.07) is 28.1. The van der Waals surface area contributed by atoms with Gasteiger partial charge in [0.2, 0.25) is 0 Å². The van der Waals surface area contributed by atoms with Gasteiger partial charge in [0.05, 0.1) is 27.9 Å². The first-order valence-corrected chi connectivity index (χ1v) is 13.8. The lowest BCUT2D eigenvalue weighted by atomic mass is 9.94. The van der Waals surface area contributed by atoms with E-state index in [-0.39, 0.29) is 4.90 Å². The van der Waals surface area contributed by atoms with E-state index in [2.05, 4.69) is 28.0 Å². The van der Waals surface area contributed by atoms with Crippen LogP contribution in [-0.2, 0) is 17.1 Å². The summed E-state index contributed by atoms with van der Waals surface area (Å²) in [5, 5.41) is 4.88. The Kier molecular flexibility index (Phi) is 6.10. The van der Waals surface area contributed by atoms with Gasteiger partial charge in [-0.2, -0.15) is 5.10 Å². The molecule has 0 spiro atoms. The molecule has 0 bridgehead atoms. The normalized spacial score (nSPS) is 11.3. The maximum Gasteiger partial charge on any atom is 0.269 e. The maximum atomic E-state index is 14.3. The molecule has 39 heavy (non-hydrogen) atoms. The van der Waals surface area contributed by atoms with Crippen LogP contribution in [0, 0.1) is 18.8 Å².